The van der Waals surface area contributed by atoms with Crippen molar-refractivity contribution < 1.29 is 0 Å². The van der Waals surface area contributed by atoms with Gasteiger partial charge >= 0.3 is 0 Å². The number of nitrogens with zero attached hydrogens (tertiary/aromatic N) is 3. The number of hydrogen-bond donors (Lipinski definition) is 1. The summed E-state index contributed by atoms with van der Waals surface area (Å²) in [4.78, 5) is 11.0. The van der Waals surface area contributed by atoms with Gasteiger partial charge in [-0.1, -0.05) is 13.8 Å². The van der Waals surface area contributed by atoms with Gasteiger partial charge in [-0.25, -0.2) is 9.97 Å². The average Bonchev–Trinajstić information content (AvgIpc) is 2.82. The van der Waals surface area contributed by atoms with E-state index in [9.17, 15) is 0 Å². The van der Waals surface area contributed by atoms with Gasteiger partial charge in [0, 0.05) is 32.0 Å². The zero-order valence-corrected chi connectivity index (χ0v) is 11.0. The lowest BCUT2D eigenvalue weighted by molar-refractivity contribution is 0.594. The Kier molecular flexibility index (Phi) is 3.94. The van der Waals surface area contributed by atoms with Crippen molar-refractivity contribution in [2.45, 2.75) is 38.6 Å². The maximum Gasteiger partial charge on any atom is 0.225 e. The summed E-state index contributed by atoms with van der Waals surface area (Å²) in [5.41, 5.74) is 1.20. The monoisotopic (exact) mass is 234 g/mol. The van der Waals surface area contributed by atoms with Crippen LogP contribution >= 0.6 is 0 Å². The summed E-state index contributed by atoms with van der Waals surface area (Å²) < 4.78 is 0. The first-order valence-electron chi connectivity index (χ1n) is 6.43. The van der Waals surface area contributed by atoms with Gasteiger partial charge in [0.25, 0.3) is 0 Å². The minimum atomic E-state index is 0.492. The third-order valence-electron chi connectivity index (χ3n) is 3.32. The summed E-state index contributed by atoms with van der Waals surface area (Å²) in [6.07, 6.45) is 6.41. The van der Waals surface area contributed by atoms with Gasteiger partial charge in [-0.15, -0.1) is 0 Å². The predicted octanol–water partition coefficient (Wildman–Crippen LogP) is 1.79. The Morgan fingerprint density at radius 2 is 2.12 bits per heavy atom. The normalized spacial score (nSPS) is 19.9. The number of hydrogen-bond acceptors (Lipinski definition) is 4. The van der Waals surface area contributed by atoms with E-state index in [4.69, 9.17) is 0 Å². The summed E-state index contributed by atoms with van der Waals surface area (Å²) in [6.45, 7) is 6.45. The van der Waals surface area contributed by atoms with Gasteiger partial charge < -0.3 is 10.2 Å². The molecule has 1 aliphatic heterocycles. The molecule has 2 heterocycles. The highest BCUT2D eigenvalue weighted by molar-refractivity contribution is 5.29. The van der Waals surface area contributed by atoms with E-state index in [0.29, 0.717) is 12.0 Å². The number of nitrogens with one attached hydrogen (secondary N) is 1. The van der Waals surface area contributed by atoms with Crippen molar-refractivity contribution in [1.82, 2.24) is 15.3 Å². The van der Waals surface area contributed by atoms with Crippen LogP contribution in [-0.2, 0) is 0 Å². The second-order valence-corrected chi connectivity index (χ2v) is 5.14. The SMILES string of the molecule is CC(C)c1cnc(N(C)CC2CCCN2)nc1. The van der Waals surface area contributed by atoms with E-state index in [1.54, 1.807) is 0 Å². The van der Waals surface area contributed by atoms with Gasteiger partial charge in [-0.05, 0) is 30.9 Å². The van der Waals surface area contributed by atoms with Gasteiger partial charge in [-0.3, -0.25) is 0 Å². The van der Waals surface area contributed by atoms with Gasteiger partial charge in [0.15, 0.2) is 0 Å². The molecule has 0 aliphatic carbocycles. The molecule has 1 fully saturated rings. The molecule has 1 atom stereocenters. The van der Waals surface area contributed by atoms with Crippen LogP contribution in [0.15, 0.2) is 12.4 Å². The lowest BCUT2D eigenvalue weighted by atomic mass is 10.1. The fraction of sp³-hybridized carbons (Fsp3) is 0.692. The van der Waals surface area contributed by atoms with Crippen LogP contribution in [0, 0.1) is 0 Å². The zero-order chi connectivity index (χ0) is 12.3. The van der Waals surface area contributed by atoms with Crippen molar-refractivity contribution in [2.24, 2.45) is 0 Å². The van der Waals surface area contributed by atoms with Crippen molar-refractivity contribution in [3.63, 3.8) is 0 Å². The highest BCUT2D eigenvalue weighted by Crippen LogP contribution is 2.14. The summed E-state index contributed by atoms with van der Waals surface area (Å²) in [6, 6.07) is 0.591. The van der Waals surface area contributed by atoms with E-state index in [0.717, 1.165) is 19.0 Å². The first kappa shape index (κ1) is 12.3. The molecule has 1 unspecified atom stereocenters. The maximum absolute atomic E-state index is 4.43. The van der Waals surface area contributed by atoms with E-state index >= 15 is 0 Å². The molecule has 1 saturated heterocycles. The minimum absolute atomic E-state index is 0.492. The van der Waals surface area contributed by atoms with Crippen molar-refractivity contribution in [2.75, 3.05) is 25.0 Å². The highest BCUT2D eigenvalue weighted by Gasteiger charge is 2.17. The van der Waals surface area contributed by atoms with E-state index in [1.165, 1.54) is 18.4 Å². The molecule has 0 aromatic carbocycles. The minimum Gasteiger partial charge on any atom is -0.342 e. The standard InChI is InChI=1S/C13H22N4/c1-10(2)11-7-15-13(16-8-11)17(3)9-12-5-4-6-14-12/h7-8,10,12,14H,4-6,9H2,1-3H3. The molecule has 17 heavy (non-hydrogen) atoms. The van der Waals surface area contributed by atoms with Crippen LogP contribution in [0.25, 0.3) is 0 Å². The molecule has 0 radical (unpaired) electrons. The smallest absolute Gasteiger partial charge is 0.225 e. The van der Waals surface area contributed by atoms with Crippen molar-refractivity contribution in [3.8, 4) is 0 Å². The lowest BCUT2D eigenvalue weighted by Gasteiger charge is -2.21. The molecule has 0 amide bonds. The summed E-state index contributed by atoms with van der Waals surface area (Å²) in [7, 11) is 2.06. The molecule has 94 valence electrons. The first-order chi connectivity index (χ1) is 8.16. The zero-order valence-electron chi connectivity index (χ0n) is 11.0. The number of anilines is 1. The van der Waals surface area contributed by atoms with E-state index in [-0.39, 0.29) is 0 Å². The van der Waals surface area contributed by atoms with E-state index in [2.05, 4.69) is 41.1 Å². The van der Waals surface area contributed by atoms with Crippen molar-refractivity contribution in [3.05, 3.63) is 18.0 Å². The molecule has 1 N–H and O–H groups in total. The predicted molar refractivity (Wildman–Crippen MR) is 70.4 cm³/mol. The van der Waals surface area contributed by atoms with Gasteiger partial charge in [-0.2, -0.15) is 0 Å². The number of aromatic nitrogens is 2. The van der Waals surface area contributed by atoms with Crippen LogP contribution in [0.2, 0.25) is 0 Å². The maximum atomic E-state index is 4.43. The summed E-state index contributed by atoms with van der Waals surface area (Å²) in [5, 5.41) is 3.49. The fourth-order valence-electron chi connectivity index (χ4n) is 2.15. The summed E-state index contributed by atoms with van der Waals surface area (Å²) >= 11 is 0. The molecular formula is C13H22N4. The first-order valence-corrected chi connectivity index (χ1v) is 6.43. The van der Waals surface area contributed by atoms with Crippen molar-refractivity contribution >= 4 is 5.95 Å². The molecule has 4 nitrogen and oxygen atoms in total. The van der Waals surface area contributed by atoms with Crippen LogP contribution in [0.3, 0.4) is 0 Å². The summed E-state index contributed by atoms with van der Waals surface area (Å²) in [5.74, 6) is 1.31. The van der Waals surface area contributed by atoms with Crippen molar-refractivity contribution in [1.29, 1.82) is 0 Å². The lowest BCUT2D eigenvalue weighted by Crippen LogP contribution is -2.36. The Labute approximate surface area is 103 Å². The fourth-order valence-corrected chi connectivity index (χ4v) is 2.15. The molecule has 2 rings (SSSR count). The van der Waals surface area contributed by atoms with Crippen LogP contribution in [0.1, 0.15) is 38.2 Å². The molecule has 1 aliphatic rings. The molecule has 0 saturated carbocycles. The quantitative estimate of drug-likeness (QED) is 0.862. The van der Waals surface area contributed by atoms with Crippen LogP contribution in [-0.4, -0.2) is 36.1 Å². The van der Waals surface area contributed by atoms with Crippen LogP contribution in [0.5, 0.6) is 0 Å². The third kappa shape index (κ3) is 3.16. The molecule has 0 bridgehead atoms. The molecule has 1 aromatic rings. The Morgan fingerprint density at radius 1 is 1.41 bits per heavy atom. The van der Waals surface area contributed by atoms with Gasteiger partial charge in [0.1, 0.15) is 0 Å². The van der Waals surface area contributed by atoms with E-state index in [1.807, 2.05) is 12.4 Å². The Morgan fingerprint density at radius 3 is 2.65 bits per heavy atom. The molecular weight excluding hydrogens is 212 g/mol. The Balaban J connectivity index is 1.96. The molecule has 1 aromatic heterocycles. The second kappa shape index (κ2) is 5.45. The van der Waals surface area contributed by atoms with Gasteiger partial charge in [0.05, 0.1) is 0 Å². The van der Waals surface area contributed by atoms with E-state index < -0.39 is 0 Å². The number of likely N-dealkylation sites (N-methyl/N-ethyl adjacent to an activating group) is 1. The molecule has 0 spiro atoms. The van der Waals surface area contributed by atoms with Crippen LogP contribution < -0.4 is 10.2 Å². The number of rotatable bonds is 4. The topological polar surface area (TPSA) is 41.1 Å². The highest BCUT2D eigenvalue weighted by atomic mass is 15.2. The average molecular weight is 234 g/mol. The largest absolute Gasteiger partial charge is 0.342 e. The Bertz CT molecular complexity index is 341. The second-order valence-electron chi connectivity index (χ2n) is 5.14. The van der Waals surface area contributed by atoms with Gasteiger partial charge in [0.2, 0.25) is 5.95 Å². The Hall–Kier alpha value is -1.16. The third-order valence-corrected chi connectivity index (χ3v) is 3.32. The van der Waals surface area contributed by atoms with Crippen LogP contribution in [0.4, 0.5) is 5.95 Å². The molecule has 4 heteroatoms.